The first kappa shape index (κ1) is 15.8. The molecule has 3 aromatic rings. The minimum atomic E-state index is 0.187. The summed E-state index contributed by atoms with van der Waals surface area (Å²) in [5.74, 6) is 0.595. The lowest BCUT2D eigenvalue weighted by Gasteiger charge is -2.17. The van der Waals surface area contributed by atoms with Crippen LogP contribution in [0.2, 0.25) is 0 Å². The SMILES string of the molecule is CC1CN(C(=O)CCc2nc3cc(Br)ccc3s2)c2ccccc21. The second-order valence-electron chi connectivity index (χ2n) is 6.18. The molecule has 1 aromatic heterocycles. The molecule has 0 fully saturated rings. The van der Waals surface area contributed by atoms with Crippen LogP contribution in [-0.4, -0.2) is 17.4 Å². The summed E-state index contributed by atoms with van der Waals surface area (Å²) in [6.07, 6.45) is 1.20. The standard InChI is InChI=1S/C19H17BrN2OS/c1-12-11-22(16-5-3-2-4-14(12)16)19(23)9-8-18-21-15-10-13(20)6-7-17(15)24-18/h2-7,10,12H,8-9,11H2,1H3. The Hall–Kier alpha value is -1.72. The number of rotatable bonds is 3. The lowest BCUT2D eigenvalue weighted by Crippen LogP contribution is -2.29. The molecule has 1 unspecified atom stereocenters. The molecular formula is C19H17BrN2OS. The van der Waals surface area contributed by atoms with Gasteiger partial charge < -0.3 is 4.90 Å². The Morgan fingerprint density at radius 3 is 3.04 bits per heavy atom. The molecule has 0 saturated heterocycles. The average molecular weight is 401 g/mol. The lowest BCUT2D eigenvalue weighted by molar-refractivity contribution is -0.118. The Kier molecular flexibility index (Phi) is 4.14. The number of halogens is 1. The van der Waals surface area contributed by atoms with Gasteiger partial charge in [0.1, 0.15) is 0 Å². The van der Waals surface area contributed by atoms with E-state index >= 15 is 0 Å². The van der Waals surface area contributed by atoms with Crippen LogP contribution in [0.1, 0.15) is 29.8 Å². The normalized spacial score (nSPS) is 16.6. The van der Waals surface area contributed by atoms with Crippen LogP contribution >= 0.6 is 27.3 Å². The molecule has 0 bridgehead atoms. The Labute approximate surface area is 153 Å². The fourth-order valence-electron chi connectivity index (χ4n) is 3.26. The van der Waals surface area contributed by atoms with E-state index in [1.807, 2.05) is 35.2 Å². The van der Waals surface area contributed by atoms with Crippen molar-refractivity contribution >= 4 is 49.1 Å². The van der Waals surface area contributed by atoms with Gasteiger partial charge in [-0.25, -0.2) is 4.98 Å². The molecule has 0 radical (unpaired) electrons. The summed E-state index contributed by atoms with van der Waals surface area (Å²) in [6.45, 7) is 2.96. The van der Waals surface area contributed by atoms with E-state index in [1.165, 1.54) is 10.3 Å². The van der Waals surface area contributed by atoms with Crippen LogP contribution in [0.25, 0.3) is 10.2 Å². The van der Waals surface area contributed by atoms with Crippen LogP contribution in [0.3, 0.4) is 0 Å². The number of aryl methyl sites for hydroxylation is 1. The van der Waals surface area contributed by atoms with E-state index in [0.29, 0.717) is 18.8 Å². The first-order valence-electron chi connectivity index (χ1n) is 8.06. The fraction of sp³-hybridized carbons (Fsp3) is 0.263. The largest absolute Gasteiger partial charge is 0.312 e. The summed E-state index contributed by atoms with van der Waals surface area (Å²) in [4.78, 5) is 19.3. The summed E-state index contributed by atoms with van der Waals surface area (Å²) in [7, 11) is 0. The number of anilines is 1. The van der Waals surface area contributed by atoms with E-state index in [4.69, 9.17) is 0 Å². The molecule has 1 aliphatic rings. The quantitative estimate of drug-likeness (QED) is 0.609. The van der Waals surface area contributed by atoms with Crippen molar-refractivity contribution in [3.05, 3.63) is 57.5 Å². The molecule has 4 rings (SSSR count). The number of carbonyl (C=O) groups excluding carboxylic acids is 1. The van der Waals surface area contributed by atoms with Crippen molar-refractivity contribution < 1.29 is 4.79 Å². The maximum Gasteiger partial charge on any atom is 0.227 e. The second kappa shape index (κ2) is 6.30. The zero-order chi connectivity index (χ0) is 16.7. The first-order valence-corrected chi connectivity index (χ1v) is 9.67. The summed E-state index contributed by atoms with van der Waals surface area (Å²) in [6, 6.07) is 14.3. The Bertz CT molecular complexity index is 921. The average Bonchev–Trinajstić information content (AvgIpc) is 3.13. The predicted molar refractivity (Wildman–Crippen MR) is 103 cm³/mol. The molecule has 122 valence electrons. The van der Waals surface area contributed by atoms with Gasteiger partial charge in [-0.2, -0.15) is 0 Å². The smallest absolute Gasteiger partial charge is 0.227 e. The van der Waals surface area contributed by atoms with Crippen LogP contribution in [0.5, 0.6) is 0 Å². The van der Waals surface area contributed by atoms with Gasteiger partial charge in [0.25, 0.3) is 0 Å². The summed E-state index contributed by atoms with van der Waals surface area (Å²) in [5, 5.41) is 1.02. The van der Waals surface area contributed by atoms with E-state index in [9.17, 15) is 4.79 Å². The van der Waals surface area contributed by atoms with E-state index in [1.54, 1.807) is 11.3 Å². The number of carbonyl (C=O) groups is 1. The van der Waals surface area contributed by atoms with Crippen LogP contribution in [0.15, 0.2) is 46.9 Å². The maximum atomic E-state index is 12.7. The van der Waals surface area contributed by atoms with Crippen molar-refractivity contribution in [2.24, 2.45) is 0 Å². The number of hydrogen-bond acceptors (Lipinski definition) is 3. The Morgan fingerprint density at radius 1 is 1.33 bits per heavy atom. The van der Waals surface area contributed by atoms with Crippen molar-refractivity contribution in [3.8, 4) is 0 Å². The summed E-state index contributed by atoms with van der Waals surface area (Å²) >= 11 is 5.15. The Balaban J connectivity index is 1.48. The molecule has 3 nitrogen and oxygen atoms in total. The third kappa shape index (κ3) is 2.87. The highest BCUT2D eigenvalue weighted by molar-refractivity contribution is 9.10. The Morgan fingerprint density at radius 2 is 2.17 bits per heavy atom. The monoisotopic (exact) mass is 400 g/mol. The number of nitrogens with zero attached hydrogens (tertiary/aromatic N) is 2. The van der Waals surface area contributed by atoms with Gasteiger partial charge in [0.05, 0.1) is 15.2 Å². The van der Waals surface area contributed by atoms with E-state index in [0.717, 1.165) is 27.2 Å². The molecule has 0 spiro atoms. The van der Waals surface area contributed by atoms with Gasteiger partial charge in [-0.15, -0.1) is 11.3 Å². The van der Waals surface area contributed by atoms with Crippen LogP contribution in [0.4, 0.5) is 5.69 Å². The van der Waals surface area contributed by atoms with Gasteiger partial charge in [-0.3, -0.25) is 4.79 Å². The van der Waals surface area contributed by atoms with Gasteiger partial charge in [-0.05, 0) is 29.8 Å². The summed E-state index contributed by atoms with van der Waals surface area (Å²) in [5.41, 5.74) is 3.34. The topological polar surface area (TPSA) is 33.2 Å². The fourth-order valence-corrected chi connectivity index (χ4v) is 4.56. The summed E-state index contributed by atoms with van der Waals surface area (Å²) < 4.78 is 2.20. The molecular weight excluding hydrogens is 384 g/mol. The number of thiazole rings is 1. The lowest BCUT2D eigenvalue weighted by atomic mass is 10.0. The van der Waals surface area contributed by atoms with Gasteiger partial charge in [0, 0.05) is 35.5 Å². The third-order valence-corrected chi connectivity index (χ3v) is 6.05. The van der Waals surface area contributed by atoms with E-state index < -0.39 is 0 Å². The molecule has 0 N–H and O–H groups in total. The number of amides is 1. The minimum absolute atomic E-state index is 0.187. The maximum absolute atomic E-state index is 12.7. The van der Waals surface area contributed by atoms with Crippen molar-refractivity contribution in [2.45, 2.75) is 25.7 Å². The molecule has 1 atom stereocenters. The van der Waals surface area contributed by atoms with Gasteiger partial charge in [0.15, 0.2) is 0 Å². The van der Waals surface area contributed by atoms with Crippen molar-refractivity contribution in [2.75, 3.05) is 11.4 Å². The number of aromatic nitrogens is 1. The predicted octanol–water partition coefficient (Wildman–Crippen LogP) is 5.14. The molecule has 2 aromatic carbocycles. The van der Waals surface area contributed by atoms with Crippen molar-refractivity contribution in [1.82, 2.24) is 4.98 Å². The third-order valence-electron chi connectivity index (χ3n) is 4.46. The first-order chi connectivity index (χ1) is 11.6. The van der Waals surface area contributed by atoms with E-state index in [2.05, 4.69) is 40.0 Å². The minimum Gasteiger partial charge on any atom is -0.312 e. The zero-order valence-corrected chi connectivity index (χ0v) is 15.7. The van der Waals surface area contributed by atoms with Crippen LogP contribution in [-0.2, 0) is 11.2 Å². The van der Waals surface area contributed by atoms with Crippen molar-refractivity contribution in [3.63, 3.8) is 0 Å². The number of hydrogen-bond donors (Lipinski definition) is 0. The van der Waals surface area contributed by atoms with Gasteiger partial charge in [-0.1, -0.05) is 41.1 Å². The highest BCUT2D eigenvalue weighted by atomic mass is 79.9. The van der Waals surface area contributed by atoms with Crippen LogP contribution < -0.4 is 4.90 Å². The second-order valence-corrected chi connectivity index (χ2v) is 8.21. The highest BCUT2D eigenvalue weighted by Gasteiger charge is 2.29. The molecule has 2 heterocycles. The zero-order valence-electron chi connectivity index (χ0n) is 13.3. The number of benzene rings is 2. The van der Waals surface area contributed by atoms with Crippen molar-refractivity contribution in [1.29, 1.82) is 0 Å². The number of para-hydroxylation sites is 1. The van der Waals surface area contributed by atoms with Gasteiger partial charge >= 0.3 is 0 Å². The van der Waals surface area contributed by atoms with Gasteiger partial charge in [0.2, 0.25) is 5.91 Å². The molecule has 1 amide bonds. The highest BCUT2D eigenvalue weighted by Crippen LogP contribution is 2.36. The van der Waals surface area contributed by atoms with E-state index in [-0.39, 0.29) is 5.91 Å². The molecule has 1 aliphatic heterocycles. The molecule has 0 saturated carbocycles. The molecule has 5 heteroatoms. The van der Waals surface area contributed by atoms with Crippen LogP contribution in [0, 0.1) is 0 Å². The number of fused-ring (bicyclic) bond motifs is 2. The molecule has 0 aliphatic carbocycles. The molecule has 24 heavy (non-hydrogen) atoms.